The summed E-state index contributed by atoms with van der Waals surface area (Å²) in [7, 11) is 1.64. The fourth-order valence-corrected chi connectivity index (χ4v) is 5.75. The van der Waals surface area contributed by atoms with Crippen LogP contribution in [0.5, 0.6) is 5.75 Å². The molecule has 0 aliphatic rings. The molecule has 0 radical (unpaired) electrons. The molecule has 3 aromatic carbocycles. The Balaban J connectivity index is 1.80. The molecule has 2 aromatic heterocycles. The Kier molecular flexibility index (Phi) is 4.35. The molecule has 5 aromatic rings. The van der Waals surface area contributed by atoms with E-state index in [0.717, 1.165) is 37.3 Å². The molecule has 1 N–H and O–H groups in total. The van der Waals surface area contributed by atoms with Gasteiger partial charge in [-0.15, -0.1) is 22.7 Å². The predicted octanol–water partition coefficient (Wildman–Crippen LogP) is 5.51. The number of methoxy groups -OCH3 is 1. The highest BCUT2D eigenvalue weighted by Gasteiger charge is 2.41. The molecular formula is C23H18N2O2S2. The third-order valence-corrected chi connectivity index (χ3v) is 7.32. The zero-order chi connectivity index (χ0) is 20.0. The van der Waals surface area contributed by atoms with Crippen molar-refractivity contribution in [2.75, 3.05) is 7.11 Å². The minimum atomic E-state index is -1.44. The summed E-state index contributed by atoms with van der Waals surface area (Å²) in [6.07, 6.45) is 0. The fourth-order valence-electron chi connectivity index (χ4n) is 3.54. The number of rotatable bonds is 4. The number of benzene rings is 3. The van der Waals surface area contributed by atoms with Gasteiger partial charge in [0.2, 0.25) is 0 Å². The van der Waals surface area contributed by atoms with Gasteiger partial charge in [-0.25, -0.2) is 9.97 Å². The molecular weight excluding hydrogens is 400 g/mol. The van der Waals surface area contributed by atoms with Crippen molar-refractivity contribution in [1.29, 1.82) is 0 Å². The number of thiazole rings is 2. The van der Waals surface area contributed by atoms with E-state index in [9.17, 15) is 5.11 Å². The summed E-state index contributed by atoms with van der Waals surface area (Å²) in [5, 5.41) is 13.5. The van der Waals surface area contributed by atoms with Gasteiger partial charge in [0.25, 0.3) is 0 Å². The first-order valence-electron chi connectivity index (χ1n) is 9.19. The van der Waals surface area contributed by atoms with Gasteiger partial charge in [-0.3, -0.25) is 0 Å². The van der Waals surface area contributed by atoms with Crippen LogP contribution in [0.2, 0.25) is 0 Å². The first-order valence-corrected chi connectivity index (χ1v) is 10.8. The summed E-state index contributed by atoms with van der Waals surface area (Å²) in [5.74, 6) is 0.752. The first-order chi connectivity index (χ1) is 14.1. The normalized spacial score (nSPS) is 12.0. The summed E-state index contributed by atoms with van der Waals surface area (Å²) in [6, 6.07) is 21.6. The van der Waals surface area contributed by atoms with Gasteiger partial charge in [0, 0.05) is 5.56 Å². The van der Waals surface area contributed by atoms with Crippen LogP contribution >= 0.6 is 22.7 Å². The molecule has 4 nitrogen and oxygen atoms in total. The van der Waals surface area contributed by atoms with E-state index in [1.807, 2.05) is 73.7 Å². The molecule has 0 saturated carbocycles. The lowest BCUT2D eigenvalue weighted by Gasteiger charge is -2.26. The molecule has 144 valence electrons. The lowest BCUT2D eigenvalue weighted by atomic mass is 9.91. The van der Waals surface area contributed by atoms with E-state index in [1.54, 1.807) is 7.11 Å². The van der Waals surface area contributed by atoms with Crippen molar-refractivity contribution < 1.29 is 9.84 Å². The van der Waals surface area contributed by atoms with Crippen molar-refractivity contribution in [3.05, 3.63) is 87.9 Å². The van der Waals surface area contributed by atoms with Crippen molar-refractivity contribution in [2.24, 2.45) is 0 Å². The Bertz CT molecular complexity index is 1200. The quantitative estimate of drug-likeness (QED) is 0.418. The van der Waals surface area contributed by atoms with E-state index in [0.29, 0.717) is 10.0 Å². The van der Waals surface area contributed by atoms with E-state index in [-0.39, 0.29) is 0 Å². The summed E-state index contributed by atoms with van der Waals surface area (Å²) in [5.41, 5.74) is 1.99. The Morgan fingerprint density at radius 2 is 1.38 bits per heavy atom. The van der Waals surface area contributed by atoms with Crippen LogP contribution in [-0.2, 0) is 5.60 Å². The SMILES string of the molecule is COc1ccc(C(O)(c2nc3ccccc3s2)c2nc3ccccc3s2)c(C)c1. The maximum atomic E-state index is 12.2. The molecule has 0 aliphatic carbocycles. The fraction of sp³-hybridized carbons (Fsp3) is 0.130. The second kappa shape index (κ2) is 6.91. The molecule has 6 heteroatoms. The van der Waals surface area contributed by atoms with Gasteiger partial charge in [-0.1, -0.05) is 30.3 Å². The standard InChI is InChI=1S/C23H18N2O2S2/c1-14-13-15(27-2)11-12-16(14)23(26,21-24-17-7-3-5-9-19(17)28-21)22-25-18-8-4-6-10-20(18)29-22/h3-13,26H,1-2H3. The zero-order valence-electron chi connectivity index (χ0n) is 15.9. The molecule has 0 unspecified atom stereocenters. The molecule has 29 heavy (non-hydrogen) atoms. The molecule has 0 aliphatic heterocycles. The second-order valence-corrected chi connectivity index (χ2v) is 8.93. The number of aromatic nitrogens is 2. The molecule has 0 spiro atoms. The van der Waals surface area contributed by atoms with Crippen LogP contribution in [0, 0.1) is 6.92 Å². The minimum Gasteiger partial charge on any atom is -0.497 e. The van der Waals surface area contributed by atoms with Gasteiger partial charge in [0.15, 0.2) is 5.60 Å². The molecule has 0 amide bonds. The lowest BCUT2D eigenvalue weighted by molar-refractivity contribution is 0.124. The van der Waals surface area contributed by atoms with Crippen LogP contribution in [0.15, 0.2) is 66.7 Å². The number of fused-ring (bicyclic) bond motifs is 2. The Morgan fingerprint density at radius 1 is 0.828 bits per heavy atom. The molecule has 5 rings (SSSR count). The minimum absolute atomic E-state index is 0.617. The number of para-hydroxylation sites is 2. The highest BCUT2D eigenvalue weighted by molar-refractivity contribution is 7.20. The van der Waals surface area contributed by atoms with Crippen molar-refractivity contribution >= 4 is 43.1 Å². The van der Waals surface area contributed by atoms with Crippen LogP contribution in [0.4, 0.5) is 0 Å². The molecule has 0 fully saturated rings. The van der Waals surface area contributed by atoms with Gasteiger partial charge in [-0.2, -0.15) is 0 Å². The van der Waals surface area contributed by atoms with E-state index in [4.69, 9.17) is 14.7 Å². The maximum Gasteiger partial charge on any atom is 0.193 e. The van der Waals surface area contributed by atoms with Crippen LogP contribution in [-0.4, -0.2) is 22.2 Å². The van der Waals surface area contributed by atoms with Crippen LogP contribution in [0.25, 0.3) is 20.4 Å². The third kappa shape index (κ3) is 2.92. The highest BCUT2D eigenvalue weighted by Crippen LogP contribution is 2.44. The monoisotopic (exact) mass is 418 g/mol. The van der Waals surface area contributed by atoms with Gasteiger partial charge in [0.05, 0.1) is 27.5 Å². The number of nitrogens with zero attached hydrogens (tertiary/aromatic N) is 2. The van der Waals surface area contributed by atoms with Crippen molar-refractivity contribution in [1.82, 2.24) is 9.97 Å². The lowest BCUT2D eigenvalue weighted by Crippen LogP contribution is -2.29. The number of aliphatic hydroxyl groups is 1. The molecule has 0 atom stereocenters. The average Bonchev–Trinajstić information content (AvgIpc) is 3.37. The maximum absolute atomic E-state index is 12.2. The average molecular weight is 419 g/mol. The predicted molar refractivity (Wildman–Crippen MR) is 119 cm³/mol. The smallest absolute Gasteiger partial charge is 0.193 e. The van der Waals surface area contributed by atoms with Crippen molar-refractivity contribution in [3.8, 4) is 5.75 Å². The van der Waals surface area contributed by atoms with Crippen molar-refractivity contribution in [3.63, 3.8) is 0 Å². The van der Waals surface area contributed by atoms with E-state index in [2.05, 4.69) is 0 Å². The van der Waals surface area contributed by atoms with Gasteiger partial charge < -0.3 is 9.84 Å². The Morgan fingerprint density at radius 3 is 1.86 bits per heavy atom. The molecule has 2 heterocycles. The van der Waals surface area contributed by atoms with Crippen LogP contribution in [0.1, 0.15) is 21.1 Å². The van der Waals surface area contributed by atoms with E-state index < -0.39 is 5.60 Å². The highest BCUT2D eigenvalue weighted by atomic mass is 32.1. The Hall–Kier alpha value is -2.80. The van der Waals surface area contributed by atoms with Crippen LogP contribution in [0.3, 0.4) is 0 Å². The summed E-state index contributed by atoms with van der Waals surface area (Å²) < 4.78 is 7.43. The van der Waals surface area contributed by atoms with E-state index >= 15 is 0 Å². The van der Waals surface area contributed by atoms with Crippen molar-refractivity contribution in [2.45, 2.75) is 12.5 Å². The van der Waals surface area contributed by atoms with Gasteiger partial charge in [-0.05, 0) is 48.9 Å². The first kappa shape index (κ1) is 18.2. The molecule has 0 saturated heterocycles. The van der Waals surface area contributed by atoms with Gasteiger partial charge in [0.1, 0.15) is 15.8 Å². The number of hydrogen-bond donors (Lipinski definition) is 1. The topological polar surface area (TPSA) is 55.2 Å². The number of ether oxygens (including phenoxy) is 1. The number of hydrogen-bond acceptors (Lipinski definition) is 6. The Labute approximate surface area is 176 Å². The van der Waals surface area contributed by atoms with Crippen LogP contribution < -0.4 is 4.74 Å². The summed E-state index contributed by atoms with van der Waals surface area (Å²) in [6.45, 7) is 1.98. The molecule has 0 bridgehead atoms. The second-order valence-electron chi connectivity index (χ2n) is 6.86. The summed E-state index contributed by atoms with van der Waals surface area (Å²) in [4.78, 5) is 9.59. The third-order valence-electron chi connectivity index (χ3n) is 5.03. The summed E-state index contributed by atoms with van der Waals surface area (Å²) >= 11 is 2.99. The van der Waals surface area contributed by atoms with E-state index in [1.165, 1.54) is 22.7 Å². The largest absolute Gasteiger partial charge is 0.497 e. The van der Waals surface area contributed by atoms with Gasteiger partial charge >= 0.3 is 0 Å². The zero-order valence-corrected chi connectivity index (χ0v) is 17.6. The number of aryl methyl sites for hydroxylation is 1.